The Kier molecular flexibility index (Phi) is 5.89. The molecule has 2 heterocycles. The van der Waals surface area contributed by atoms with E-state index in [9.17, 15) is 19.5 Å². The van der Waals surface area contributed by atoms with Crippen LogP contribution in [-0.2, 0) is 14.4 Å². The number of thioether (sulfide) groups is 1. The molecule has 0 radical (unpaired) electrons. The molecule has 2 amide bonds. The van der Waals surface area contributed by atoms with Gasteiger partial charge < -0.3 is 29.5 Å². The van der Waals surface area contributed by atoms with Crippen LogP contribution in [0.5, 0.6) is 17.2 Å². The van der Waals surface area contributed by atoms with Crippen molar-refractivity contribution >= 4 is 35.6 Å². The van der Waals surface area contributed by atoms with Gasteiger partial charge in [0, 0.05) is 10.8 Å². The second kappa shape index (κ2) is 8.10. The fourth-order valence-electron chi connectivity index (χ4n) is 3.72. The van der Waals surface area contributed by atoms with Crippen LogP contribution in [-0.4, -0.2) is 71.3 Å². The van der Waals surface area contributed by atoms with Crippen molar-refractivity contribution in [2.24, 2.45) is 0 Å². The minimum atomic E-state index is -1.05. The Hall–Kier alpha value is -2.88. The molecule has 3 rings (SSSR count). The third-order valence-electron chi connectivity index (χ3n) is 5.09. The number of amides is 2. The molecule has 0 spiro atoms. The first-order valence-corrected chi connectivity index (χ1v) is 10.0. The normalized spacial score (nSPS) is 24.2. The van der Waals surface area contributed by atoms with Crippen LogP contribution < -0.4 is 19.5 Å². The van der Waals surface area contributed by atoms with Gasteiger partial charge >= 0.3 is 5.97 Å². The molecule has 0 aliphatic carbocycles. The maximum absolute atomic E-state index is 12.5. The molecule has 0 aromatic heterocycles. The number of β-lactam (4-membered cyclic amide) rings is 1. The lowest BCUT2D eigenvalue weighted by molar-refractivity contribution is -0.160. The maximum Gasteiger partial charge on any atom is 0.327 e. The molecule has 3 atom stereocenters. The van der Waals surface area contributed by atoms with E-state index in [-0.39, 0.29) is 5.91 Å². The van der Waals surface area contributed by atoms with Gasteiger partial charge in [-0.15, -0.1) is 11.8 Å². The third-order valence-corrected chi connectivity index (χ3v) is 6.66. The highest BCUT2D eigenvalue weighted by Gasteiger charge is 2.64. The molecule has 2 aliphatic heterocycles. The summed E-state index contributed by atoms with van der Waals surface area (Å²) >= 11 is 1.37. The first-order valence-electron chi connectivity index (χ1n) is 9.16. The maximum atomic E-state index is 12.5. The van der Waals surface area contributed by atoms with Gasteiger partial charge in [-0.3, -0.25) is 9.59 Å². The summed E-state index contributed by atoms with van der Waals surface area (Å²) in [6, 6.07) is 1.71. The average Bonchev–Trinajstić information content (AvgIpc) is 2.97. The van der Waals surface area contributed by atoms with Crippen molar-refractivity contribution in [3.05, 3.63) is 23.8 Å². The van der Waals surface area contributed by atoms with Gasteiger partial charge in [-0.25, -0.2) is 4.79 Å². The zero-order chi connectivity index (χ0) is 22.2. The van der Waals surface area contributed by atoms with Crippen LogP contribution in [0.4, 0.5) is 0 Å². The Morgan fingerprint density at radius 1 is 1.17 bits per heavy atom. The fourth-order valence-corrected chi connectivity index (χ4v) is 5.34. The van der Waals surface area contributed by atoms with Crippen LogP contribution in [0, 0.1) is 0 Å². The van der Waals surface area contributed by atoms with Gasteiger partial charge in [0.1, 0.15) is 17.5 Å². The summed E-state index contributed by atoms with van der Waals surface area (Å²) in [5.74, 6) is -0.554. The number of carboxylic acid groups (broad SMARTS) is 1. The Morgan fingerprint density at radius 3 is 2.27 bits per heavy atom. The van der Waals surface area contributed by atoms with Gasteiger partial charge in [0.15, 0.2) is 11.5 Å². The van der Waals surface area contributed by atoms with E-state index in [4.69, 9.17) is 14.2 Å². The number of benzene rings is 1. The SMILES string of the molecule is COc1cc(/C=C\C(=O)N[C@@H]2C(=O)N3[C@@H](C(=O)O)C(C)(C)S[C@@H]23)cc(OC)c1OC. The quantitative estimate of drug-likeness (QED) is 0.486. The van der Waals surface area contributed by atoms with Crippen molar-refractivity contribution in [1.82, 2.24) is 10.2 Å². The molecule has 162 valence electrons. The first-order chi connectivity index (χ1) is 14.1. The average molecular weight is 436 g/mol. The molecule has 0 saturated carbocycles. The topological polar surface area (TPSA) is 114 Å². The molecular weight excluding hydrogens is 412 g/mol. The first kappa shape index (κ1) is 21.8. The molecule has 10 heteroatoms. The lowest BCUT2D eigenvalue weighted by Crippen LogP contribution is -2.70. The van der Waals surface area contributed by atoms with Gasteiger partial charge in [-0.2, -0.15) is 0 Å². The second-order valence-electron chi connectivity index (χ2n) is 7.38. The van der Waals surface area contributed by atoms with Crippen LogP contribution >= 0.6 is 11.8 Å². The van der Waals surface area contributed by atoms with Crippen molar-refractivity contribution in [2.45, 2.75) is 36.1 Å². The smallest absolute Gasteiger partial charge is 0.327 e. The monoisotopic (exact) mass is 436 g/mol. The van der Waals surface area contributed by atoms with Crippen LogP contribution in [0.1, 0.15) is 19.4 Å². The van der Waals surface area contributed by atoms with E-state index in [1.54, 1.807) is 32.1 Å². The van der Waals surface area contributed by atoms with Gasteiger partial charge in [0.05, 0.1) is 21.3 Å². The number of aliphatic carboxylic acids is 1. The molecule has 9 nitrogen and oxygen atoms in total. The Balaban J connectivity index is 1.71. The Morgan fingerprint density at radius 2 is 1.77 bits per heavy atom. The number of carbonyl (C=O) groups is 3. The van der Waals surface area contributed by atoms with Gasteiger partial charge in [-0.1, -0.05) is 0 Å². The molecule has 2 N–H and O–H groups in total. The van der Waals surface area contributed by atoms with Gasteiger partial charge in [-0.05, 0) is 37.6 Å². The zero-order valence-electron chi connectivity index (χ0n) is 17.3. The van der Waals surface area contributed by atoms with E-state index in [0.717, 1.165) is 0 Å². The molecule has 0 bridgehead atoms. The number of carboxylic acids is 1. The summed E-state index contributed by atoms with van der Waals surface area (Å²) in [4.78, 5) is 37.7. The van der Waals surface area contributed by atoms with Crippen LogP contribution in [0.3, 0.4) is 0 Å². The van der Waals surface area contributed by atoms with Crippen molar-refractivity contribution in [1.29, 1.82) is 0 Å². The number of hydrogen-bond acceptors (Lipinski definition) is 7. The van der Waals surface area contributed by atoms with E-state index in [2.05, 4.69) is 5.32 Å². The zero-order valence-corrected chi connectivity index (χ0v) is 18.1. The molecule has 1 aromatic carbocycles. The highest BCUT2D eigenvalue weighted by Crippen LogP contribution is 2.50. The summed E-state index contributed by atoms with van der Waals surface area (Å²) in [5, 5.41) is 11.7. The number of carbonyl (C=O) groups excluding carboxylic acids is 2. The van der Waals surface area contributed by atoms with Gasteiger partial charge in [0.25, 0.3) is 0 Å². The summed E-state index contributed by atoms with van der Waals surface area (Å²) in [7, 11) is 4.49. The second-order valence-corrected chi connectivity index (χ2v) is 9.15. The van der Waals surface area contributed by atoms with Crippen LogP contribution in [0.15, 0.2) is 18.2 Å². The molecule has 2 aliphatic rings. The van der Waals surface area contributed by atoms with E-state index in [1.807, 2.05) is 0 Å². The number of methoxy groups -OCH3 is 3. The number of fused-ring (bicyclic) bond motifs is 1. The Labute approximate surface area is 178 Å². The van der Waals surface area contributed by atoms with Crippen molar-refractivity contribution in [3.63, 3.8) is 0 Å². The largest absolute Gasteiger partial charge is 0.493 e. The standard InChI is InChI=1S/C20H24N2O7S/c1-20(2)16(19(25)26)22-17(24)14(18(22)30-20)21-13(23)7-6-10-8-11(27-3)15(29-5)12(9-10)28-4/h6-9,14,16,18H,1-5H3,(H,21,23)(H,25,26)/b7-6-/t14-,16+,18+/m1/s1. The molecule has 2 saturated heterocycles. The lowest BCUT2D eigenvalue weighted by atomic mass is 9.96. The predicted molar refractivity (Wildman–Crippen MR) is 111 cm³/mol. The summed E-state index contributed by atoms with van der Waals surface area (Å²) in [6.45, 7) is 3.57. The number of nitrogens with one attached hydrogen (secondary N) is 1. The number of nitrogens with zero attached hydrogens (tertiary/aromatic N) is 1. The summed E-state index contributed by atoms with van der Waals surface area (Å²) < 4.78 is 15.2. The minimum Gasteiger partial charge on any atom is -0.493 e. The number of rotatable bonds is 7. The molecule has 30 heavy (non-hydrogen) atoms. The Bertz CT molecular complexity index is 889. The summed E-state index contributed by atoms with van der Waals surface area (Å²) in [5.41, 5.74) is 0.642. The fraction of sp³-hybridized carbons (Fsp3) is 0.450. The van der Waals surface area contributed by atoms with E-state index in [0.29, 0.717) is 22.8 Å². The van der Waals surface area contributed by atoms with E-state index in [1.165, 1.54) is 44.1 Å². The molecule has 0 unspecified atom stereocenters. The third kappa shape index (κ3) is 3.67. The lowest BCUT2D eigenvalue weighted by Gasteiger charge is -2.43. The number of hydrogen-bond donors (Lipinski definition) is 2. The van der Waals surface area contributed by atoms with Crippen molar-refractivity contribution in [3.8, 4) is 17.2 Å². The minimum absolute atomic E-state index is 0.389. The van der Waals surface area contributed by atoms with Crippen LogP contribution in [0.2, 0.25) is 0 Å². The molecule has 2 fully saturated rings. The predicted octanol–water partition coefficient (Wildman–Crippen LogP) is 1.36. The molecule has 1 aromatic rings. The van der Waals surface area contributed by atoms with E-state index < -0.39 is 34.1 Å². The highest BCUT2D eigenvalue weighted by atomic mass is 32.2. The van der Waals surface area contributed by atoms with Crippen molar-refractivity contribution in [2.75, 3.05) is 21.3 Å². The highest BCUT2D eigenvalue weighted by molar-refractivity contribution is 8.01. The van der Waals surface area contributed by atoms with Crippen LogP contribution in [0.25, 0.3) is 6.08 Å². The van der Waals surface area contributed by atoms with Crippen molar-refractivity contribution < 1.29 is 33.7 Å². The number of ether oxygens (including phenoxy) is 3. The van der Waals surface area contributed by atoms with Gasteiger partial charge in [0.2, 0.25) is 17.6 Å². The molecular formula is C20H24N2O7S. The van der Waals surface area contributed by atoms with E-state index >= 15 is 0 Å². The summed E-state index contributed by atoms with van der Waals surface area (Å²) in [6.07, 6.45) is 2.86.